The second kappa shape index (κ2) is 10.3. The van der Waals surface area contributed by atoms with E-state index >= 15 is 0 Å². The third-order valence-corrected chi connectivity index (χ3v) is 5.04. The van der Waals surface area contributed by atoms with Crippen molar-refractivity contribution in [3.05, 3.63) is 69.1 Å². The Morgan fingerprint density at radius 3 is 2.27 bits per heavy atom. The quantitative estimate of drug-likeness (QED) is 0.725. The molecule has 9 heteroatoms. The lowest BCUT2D eigenvalue weighted by molar-refractivity contribution is -0.127. The molecule has 7 nitrogen and oxygen atoms in total. The summed E-state index contributed by atoms with van der Waals surface area (Å²) in [6, 6.07) is 5.57. The van der Waals surface area contributed by atoms with Crippen LogP contribution in [0.25, 0.3) is 5.69 Å². The zero-order valence-electron chi connectivity index (χ0n) is 16.8. The largest absolute Gasteiger partial charge is 0.507 e. The normalized spacial score (nSPS) is 13.3. The maximum atomic E-state index is 12.9. The van der Waals surface area contributed by atoms with Crippen molar-refractivity contribution in [2.75, 3.05) is 26.2 Å². The van der Waals surface area contributed by atoms with Crippen molar-refractivity contribution in [3.8, 4) is 11.4 Å². The average molecular weight is 452 g/mol. The Balaban J connectivity index is 0.00000155. The molecular weight excluding hydrogens is 429 g/mol. The Bertz CT molecular complexity index is 1010. The van der Waals surface area contributed by atoms with E-state index in [0.717, 1.165) is 6.07 Å². The van der Waals surface area contributed by atoms with Crippen molar-refractivity contribution in [2.24, 2.45) is 0 Å². The van der Waals surface area contributed by atoms with Crippen molar-refractivity contribution >= 4 is 35.0 Å². The van der Waals surface area contributed by atoms with Gasteiger partial charge in [0.2, 0.25) is 5.91 Å². The summed E-state index contributed by atoms with van der Waals surface area (Å²) in [4.78, 5) is 40.0. The standard InChI is InChI=1S/C19H17Cl2N3O4.C2H6/c1-2-17(26)22-5-7-23(8-6-22)19(28)13-11-24(18(27)10-16(13)25)15-9-12(20)3-4-14(15)21;1-2/h2-4,9-11,25H,1,5-8H2;1-2H3. The number of hydrogen-bond acceptors (Lipinski definition) is 4. The number of carbonyl (C=O) groups excluding carboxylic acids is 2. The van der Waals surface area contributed by atoms with Gasteiger partial charge in [0.05, 0.1) is 16.3 Å². The SMILES string of the molecule is C=CC(=O)N1CCN(C(=O)c2cn(-c3cc(Cl)ccc3Cl)c(=O)cc2O)CC1.CC. The number of pyridine rings is 1. The molecule has 1 fully saturated rings. The Hall–Kier alpha value is -2.77. The summed E-state index contributed by atoms with van der Waals surface area (Å²) in [6.45, 7) is 8.77. The summed E-state index contributed by atoms with van der Waals surface area (Å²) in [7, 11) is 0. The highest BCUT2D eigenvalue weighted by atomic mass is 35.5. The monoisotopic (exact) mass is 451 g/mol. The molecule has 1 N–H and O–H groups in total. The van der Waals surface area contributed by atoms with Crippen molar-refractivity contribution in [2.45, 2.75) is 13.8 Å². The van der Waals surface area contributed by atoms with Crippen LogP contribution in [0.15, 0.2) is 47.9 Å². The topological polar surface area (TPSA) is 82.9 Å². The van der Waals surface area contributed by atoms with Crippen LogP contribution in [0.4, 0.5) is 0 Å². The first-order valence-electron chi connectivity index (χ1n) is 9.43. The highest BCUT2D eigenvalue weighted by Crippen LogP contribution is 2.25. The zero-order valence-corrected chi connectivity index (χ0v) is 18.3. The fourth-order valence-electron chi connectivity index (χ4n) is 2.98. The molecular formula is C21H23Cl2N3O4. The molecule has 1 aromatic carbocycles. The molecule has 0 bridgehead atoms. The third-order valence-electron chi connectivity index (χ3n) is 4.48. The minimum atomic E-state index is -0.556. The number of piperazine rings is 1. The van der Waals surface area contributed by atoms with Gasteiger partial charge < -0.3 is 14.9 Å². The fraction of sp³-hybridized carbons (Fsp3) is 0.286. The summed E-state index contributed by atoms with van der Waals surface area (Å²) in [5.41, 5.74) is -0.298. The van der Waals surface area contributed by atoms with Crippen LogP contribution in [0.2, 0.25) is 10.0 Å². The molecule has 30 heavy (non-hydrogen) atoms. The van der Waals surface area contributed by atoms with E-state index in [2.05, 4.69) is 6.58 Å². The molecule has 1 saturated heterocycles. The smallest absolute Gasteiger partial charge is 0.259 e. The number of amides is 2. The van der Waals surface area contributed by atoms with Crippen LogP contribution in [0, 0.1) is 0 Å². The van der Waals surface area contributed by atoms with Gasteiger partial charge in [-0.15, -0.1) is 0 Å². The van der Waals surface area contributed by atoms with E-state index in [1.807, 2.05) is 13.8 Å². The molecule has 2 amide bonds. The third kappa shape index (κ3) is 5.04. The summed E-state index contributed by atoms with van der Waals surface area (Å²) in [6.07, 6.45) is 2.48. The van der Waals surface area contributed by atoms with Crippen LogP contribution in [0.5, 0.6) is 5.75 Å². The number of carbonyl (C=O) groups is 2. The van der Waals surface area contributed by atoms with Gasteiger partial charge in [0.25, 0.3) is 11.5 Å². The van der Waals surface area contributed by atoms with E-state index in [-0.39, 0.29) is 16.5 Å². The van der Waals surface area contributed by atoms with Crippen molar-refractivity contribution in [3.63, 3.8) is 0 Å². The number of aromatic nitrogens is 1. The number of benzene rings is 1. The van der Waals surface area contributed by atoms with Gasteiger partial charge in [-0.3, -0.25) is 19.0 Å². The predicted molar refractivity (Wildman–Crippen MR) is 118 cm³/mol. The van der Waals surface area contributed by atoms with Crippen LogP contribution < -0.4 is 5.56 Å². The zero-order chi connectivity index (χ0) is 22.4. The second-order valence-electron chi connectivity index (χ2n) is 6.20. The first kappa shape index (κ1) is 23.5. The van der Waals surface area contributed by atoms with E-state index in [1.165, 1.54) is 33.9 Å². The van der Waals surface area contributed by atoms with Crippen LogP contribution in [-0.2, 0) is 4.79 Å². The number of aromatic hydroxyl groups is 1. The first-order valence-corrected chi connectivity index (χ1v) is 10.2. The Morgan fingerprint density at radius 2 is 1.67 bits per heavy atom. The van der Waals surface area contributed by atoms with Gasteiger partial charge in [0.15, 0.2) is 0 Å². The van der Waals surface area contributed by atoms with Crippen molar-refractivity contribution in [1.82, 2.24) is 14.4 Å². The van der Waals surface area contributed by atoms with Crippen LogP contribution >= 0.6 is 23.2 Å². The molecule has 2 heterocycles. The Morgan fingerprint density at radius 1 is 1.07 bits per heavy atom. The molecule has 0 spiro atoms. The predicted octanol–water partition coefficient (Wildman–Crippen LogP) is 3.35. The minimum absolute atomic E-state index is 0.0425. The summed E-state index contributed by atoms with van der Waals surface area (Å²) < 4.78 is 1.17. The lowest BCUT2D eigenvalue weighted by Crippen LogP contribution is -2.50. The minimum Gasteiger partial charge on any atom is -0.507 e. The van der Waals surface area contributed by atoms with E-state index in [9.17, 15) is 19.5 Å². The molecule has 1 aliphatic rings. The molecule has 0 radical (unpaired) electrons. The molecule has 0 saturated carbocycles. The van der Waals surface area contributed by atoms with Gasteiger partial charge >= 0.3 is 0 Å². The first-order chi connectivity index (χ1) is 14.3. The number of nitrogens with zero attached hydrogens (tertiary/aromatic N) is 3. The van der Waals surface area contributed by atoms with E-state index in [0.29, 0.717) is 36.9 Å². The van der Waals surface area contributed by atoms with Crippen LogP contribution in [0.1, 0.15) is 24.2 Å². The molecule has 0 unspecified atom stereocenters. The number of rotatable bonds is 3. The van der Waals surface area contributed by atoms with Gasteiger partial charge in [-0.05, 0) is 24.3 Å². The highest BCUT2D eigenvalue weighted by molar-refractivity contribution is 6.34. The average Bonchev–Trinajstić information content (AvgIpc) is 2.76. The number of halogens is 2. The van der Waals surface area contributed by atoms with E-state index < -0.39 is 17.2 Å². The van der Waals surface area contributed by atoms with E-state index in [4.69, 9.17) is 23.2 Å². The lowest BCUT2D eigenvalue weighted by Gasteiger charge is -2.34. The highest BCUT2D eigenvalue weighted by Gasteiger charge is 2.26. The van der Waals surface area contributed by atoms with Crippen LogP contribution in [0.3, 0.4) is 0 Å². The van der Waals surface area contributed by atoms with Crippen molar-refractivity contribution in [1.29, 1.82) is 0 Å². The van der Waals surface area contributed by atoms with Gasteiger partial charge in [-0.1, -0.05) is 43.6 Å². The molecule has 3 rings (SSSR count). The summed E-state index contributed by atoms with van der Waals surface area (Å²) in [5, 5.41) is 10.8. The maximum Gasteiger partial charge on any atom is 0.259 e. The fourth-order valence-corrected chi connectivity index (χ4v) is 3.35. The summed E-state index contributed by atoms with van der Waals surface area (Å²) >= 11 is 12.1. The molecule has 160 valence electrons. The molecule has 1 aromatic heterocycles. The maximum absolute atomic E-state index is 12.9. The molecule has 0 atom stereocenters. The Kier molecular flexibility index (Phi) is 8.08. The molecule has 1 aliphatic heterocycles. The second-order valence-corrected chi connectivity index (χ2v) is 7.04. The van der Waals surface area contributed by atoms with Gasteiger partial charge in [-0.25, -0.2) is 0 Å². The summed E-state index contributed by atoms with van der Waals surface area (Å²) in [5.74, 6) is -1.07. The molecule has 0 aliphatic carbocycles. The number of hydrogen-bond donors (Lipinski definition) is 1. The van der Waals surface area contributed by atoms with E-state index in [1.54, 1.807) is 11.0 Å². The van der Waals surface area contributed by atoms with Gasteiger partial charge in [0.1, 0.15) is 5.75 Å². The van der Waals surface area contributed by atoms with Crippen LogP contribution in [-0.4, -0.2) is 57.5 Å². The Labute approximate surface area is 184 Å². The molecule has 2 aromatic rings. The van der Waals surface area contributed by atoms with Crippen molar-refractivity contribution < 1.29 is 14.7 Å². The lowest BCUT2D eigenvalue weighted by atomic mass is 10.2. The van der Waals surface area contributed by atoms with Gasteiger partial charge in [0, 0.05) is 43.5 Å². The van der Waals surface area contributed by atoms with Gasteiger partial charge in [-0.2, -0.15) is 0 Å².